The van der Waals surface area contributed by atoms with Gasteiger partial charge >= 0.3 is 0 Å². The zero-order valence-corrected chi connectivity index (χ0v) is 19.3. The van der Waals surface area contributed by atoms with Crippen LogP contribution < -0.4 is 10.2 Å². The highest BCUT2D eigenvalue weighted by molar-refractivity contribution is 6.28. The Bertz CT molecular complexity index is 1350. The predicted octanol–water partition coefficient (Wildman–Crippen LogP) is 0.692. The Morgan fingerprint density at radius 2 is 1.47 bits per heavy atom. The van der Waals surface area contributed by atoms with Crippen LogP contribution in [0, 0.1) is 0 Å². The van der Waals surface area contributed by atoms with Crippen LogP contribution in [0.4, 0.5) is 5.95 Å². The Balaban J connectivity index is 1.27. The number of aliphatic hydroxyl groups excluding tert-OH is 1. The molecule has 2 aromatic carbocycles. The van der Waals surface area contributed by atoms with Gasteiger partial charge in [-0.05, 0) is 24.3 Å². The smallest absolute Gasteiger partial charge is 0.252 e. The standard InChI is InChI=1S/C26H23N5O5/c32-15-21(25(36)30-10-12-31(13-11-30)26-27-8-3-9-28-26)29-24(35)16-6-7-19-20(14-16)23(34)18-5-2-1-4-17(18)22(19)33/h1-9,14,21,32H,10-13,15H2,(H,29,35). The molecule has 2 amide bonds. The number of ketones is 2. The molecule has 0 spiro atoms. The quantitative estimate of drug-likeness (QED) is 0.422. The monoisotopic (exact) mass is 485 g/mol. The summed E-state index contributed by atoms with van der Waals surface area (Å²) in [4.78, 5) is 63.7. The Morgan fingerprint density at radius 3 is 2.11 bits per heavy atom. The van der Waals surface area contributed by atoms with Crippen molar-refractivity contribution >= 4 is 29.3 Å². The van der Waals surface area contributed by atoms with E-state index >= 15 is 0 Å². The fourth-order valence-corrected chi connectivity index (χ4v) is 4.47. The van der Waals surface area contributed by atoms with Gasteiger partial charge in [-0.3, -0.25) is 19.2 Å². The zero-order chi connectivity index (χ0) is 25.2. The Morgan fingerprint density at radius 1 is 0.861 bits per heavy atom. The van der Waals surface area contributed by atoms with Gasteiger partial charge in [0.25, 0.3) is 5.91 Å². The highest BCUT2D eigenvalue weighted by Gasteiger charge is 2.32. The van der Waals surface area contributed by atoms with Crippen LogP contribution in [0.2, 0.25) is 0 Å². The van der Waals surface area contributed by atoms with Crippen molar-refractivity contribution in [1.82, 2.24) is 20.2 Å². The van der Waals surface area contributed by atoms with E-state index in [1.54, 1.807) is 47.6 Å². The van der Waals surface area contributed by atoms with E-state index in [0.717, 1.165) is 0 Å². The molecule has 2 heterocycles. The molecule has 3 aromatic rings. The number of anilines is 1. The number of hydrogen-bond donors (Lipinski definition) is 2. The third-order valence-electron chi connectivity index (χ3n) is 6.40. The third-order valence-corrected chi connectivity index (χ3v) is 6.40. The number of benzene rings is 2. The summed E-state index contributed by atoms with van der Waals surface area (Å²) < 4.78 is 0. The number of amides is 2. The summed E-state index contributed by atoms with van der Waals surface area (Å²) in [7, 11) is 0. The van der Waals surface area contributed by atoms with Gasteiger partial charge in [0.05, 0.1) is 6.61 Å². The Labute approximate surface area is 206 Å². The van der Waals surface area contributed by atoms with Crippen molar-refractivity contribution in [3.8, 4) is 0 Å². The van der Waals surface area contributed by atoms with Crippen LogP contribution in [0.1, 0.15) is 42.2 Å². The van der Waals surface area contributed by atoms with E-state index < -0.39 is 24.5 Å². The molecule has 1 aliphatic carbocycles. The second-order valence-electron chi connectivity index (χ2n) is 8.53. The number of piperazine rings is 1. The Hall–Kier alpha value is -4.44. The van der Waals surface area contributed by atoms with Crippen molar-refractivity contribution in [2.45, 2.75) is 6.04 Å². The zero-order valence-electron chi connectivity index (χ0n) is 19.3. The van der Waals surface area contributed by atoms with E-state index in [1.165, 1.54) is 18.2 Å². The fraction of sp³-hybridized carbons (Fsp3) is 0.231. The van der Waals surface area contributed by atoms with Gasteiger partial charge in [0.15, 0.2) is 11.6 Å². The molecule has 36 heavy (non-hydrogen) atoms. The second kappa shape index (κ2) is 9.67. The number of rotatable bonds is 5. The van der Waals surface area contributed by atoms with Crippen LogP contribution in [0.25, 0.3) is 0 Å². The van der Waals surface area contributed by atoms with E-state index in [1.807, 2.05) is 4.90 Å². The summed E-state index contributed by atoms with van der Waals surface area (Å²) in [6.45, 7) is 1.23. The fourth-order valence-electron chi connectivity index (χ4n) is 4.47. The maximum atomic E-state index is 13.0. The van der Waals surface area contributed by atoms with Gasteiger partial charge in [0.1, 0.15) is 6.04 Å². The average molecular weight is 486 g/mol. The van der Waals surface area contributed by atoms with E-state index in [9.17, 15) is 24.3 Å². The molecule has 1 saturated heterocycles. The van der Waals surface area contributed by atoms with E-state index in [-0.39, 0.29) is 33.8 Å². The lowest BCUT2D eigenvalue weighted by Crippen LogP contribution is -2.56. The molecule has 2 N–H and O–H groups in total. The lowest BCUT2D eigenvalue weighted by Gasteiger charge is -2.36. The van der Waals surface area contributed by atoms with Gasteiger partial charge in [0, 0.05) is 66.4 Å². The number of nitrogens with zero attached hydrogens (tertiary/aromatic N) is 4. The number of nitrogens with one attached hydrogen (secondary N) is 1. The maximum absolute atomic E-state index is 13.0. The molecule has 182 valence electrons. The minimum atomic E-state index is -1.15. The summed E-state index contributed by atoms with van der Waals surface area (Å²) in [6.07, 6.45) is 3.31. The molecule has 10 heteroatoms. The number of aliphatic hydroxyl groups is 1. The third kappa shape index (κ3) is 4.22. The first-order valence-electron chi connectivity index (χ1n) is 11.5. The minimum Gasteiger partial charge on any atom is -0.394 e. The van der Waals surface area contributed by atoms with Crippen LogP contribution in [0.15, 0.2) is 60.9 Å². The molecule has 5 rings (SSSR count). The molecule has 1 fully saturated rings. The van der Waals surface area contributed by atoms with Gasteiger partial charge in [-0.1, -0.05) is 24.3 Å². The summed E-state index contributed by atoms with van der Waals surface area (Å²) in [6, 6.07) is 11.4. The molecule has 1 aliphatic heterocycles. The SMILES string of the molecule is O=C(NC(CO)C(=O)N1CCN(c2ncccn2)CC1)c1ccc2c(c1)C(=O)c1ccccc1C2=O. The molecule has 0 saturated carbocycles. The predicted molar refractivity (Wildman–Crippen MR) is 129 cm³/mol. The van der Waals surface area contributed by atoms with Gasteiger partial charge in [-0.15, -0.1) is 0 Å². The highest BCUT2D eigenvalue weighted by Crippen LogP contribution is 2.28. The van der Waals surface area contributed by atoms with Crippen LogP contribution in [-0.4, -0.2) is 82.2 Å². The van der Waals surface area contributed by atoms with Crippen molar-refractivity contribution in [1.29, 1.82) is 0 Å². The largest absolute Gasteiger partial charge is 0.394 e. The van der Waals surface area contributed by atoms with Crippen LogP contribution in [-0.2, 0) is 4.79 Å². The van der Waals surface area contributed by atoms with Gasteiger partial charge in [-0.2, -0.15) is 0 Å². The number of carbonyl (C=O) groups is 4. The lowest BCUT2D eigenvalue weighted by molar-refractivity contribution is -0.134. The van der Waals surface area contributed by atoms with Crippen molar-refractivity contribution < 1.29 is 24.3 Å². The highest BCUT2D eigenvalue weighted by atomic mass is 16.3. The molecule has 1 aromatic heterocycles. The van der Waals surface area contributed by atoms with Crippen molar-refractivity contribution in [2.24, 2.45) is 0 Å². The maximum Gasteiger partial charge on any atom is 0.252 e. The first-order chi connectivity index (χ1) is 17.5. The van der Waals surface area contributed by atoms with Crippen molar-refractivity contribution in [3.05, 3.63) is 88.7 Å². The molecular formula is C26H23N5O5. The van der Waals surface area contributed by atoms with Crippen LogP contribution in [0.5, 0.6) is 0 Å². The molecule has 1 atom stereocenters. The Kier molecular flexibility index (Phi) is 6.26. The van der Waals surface area contributed by atoms with Crippen molar-refractivity contribution in [2.75, 3.05) is 37.7 Å². The average Bonchev–Trinajstić information content (AvgIpc) is 2.94. The van der Waals surface area contributed by atoms with Crippen LogP contribution >= 0.6 is 0 Å². The first kappa shape index (κ1) is 23.3. The van der Waals surface area contributed by atoms with E-state index in [4.69, 9.17) is 0 Å². The van der Waals surface area contributed by atoms with Gasteiger partial charge < -0.3 is 20.2 Å². The minimum absolute atomic E-state index is 0.117. The summed E-state index contributed by atoms with van der Waals surface area (Å²) >= 11 is 0. The number of hydrogen-bond acceptors (Lipinski definition) is 8. The summed E-state index contributed by atoms with van der Waals surface area (Å²) in [5.41, 5.74) is 1.10. The number of aromatic nitrogens is 2. The van der Waals surface area contributed by atoms with Gasteiger partial charge in [-0.25, -0.2) is 9.97 Å². The molecule has 2 aliphatic rings. The first-order valence-corrected chi connectivity index (χ1v) is 11.5. The van der Waals surface area contributed by atoms with Crippen LogP contribution in [0.3, 0.4) is 0 Å². The molecule has 10 nitrogen and oxygen atoms in total. The van der Waals surface area contributed by atoms with E-state index in [0.29, 0.717) is 37.7 Å². The summed E-state index contributed by atoms with van der Waals surface area (Å²) in [5, 5.41) is 12.4. The normalized spacial score (nSPS) is 15.7. The topological polar surface area (TPSA) is 133 Å². The number of carbonyl (C=O) groups excluding carboxylic acids is 4. The molecule has 0 bridgehead atoms. The molecule has 1 unspecified atom stereocenters. The van der Waals surface area contributed by atoms with Gasteiger partial charge in [0.2, 0.25) is 11.9 Å². The molecule has 0 radical (unpaired) electrons. The number of fused-ring (bicyclic) bond motifs is 2. The van der Waals surface area contributed by atoms with Crippen molar-refractivity contribution in [3.63, 3.8) is 0 Å². The lowest BCUT2D eigenvalue weighted by atomic mass is 9.83. The molecular weight excluding hydrogens is 462 g/mol. The van der Waals surface area contributed by atoms with E-state index in [2.05, 4.69) is 15.3 Å². The second-order valence-corrected chi connectivity index (χ2v) is 8.53. The summed E-state index contributed by atoms with van der Waals surface area (Å²) in [5.74, 6) is -1.07.